The van der Waals surface area contributed by atoms with Crippen LogP contribution in [0, 0.1) is 0 Å². The van der Waals surface area contributed by atoms with Gasteiger partial charge in [0.1, 0.15) is 5.69 Å². The van der Waals surface area contributed by atoms with Gasteiger partial charge in [0.2, 0.25) is 0 Å². The van der Waals surface area contributed by atoms with Crippen LogP contribution in [-0.2, 0) is 18.0 Å². The Balaban J connectivity index is 2.47. The van der Waals surface area contributed by atoms with Gasteiger partial charge >= 0.3 is 0 Å². The molecule has 1 aromatic carbocycles. The van der Waals surface area contributed by atoms with Gasteiger partial charge in [-0.05, 0) is 18.2 Å². The van der Waals surface area contributed by atoms with Gasteiger partial charge in [0, 0.05) is 12.1 Å². The lowest BCUT2D eigenvalue weighted by molar-refractivity contribution is 0.175. The van der Waals surface area contributed by atoms with E-state index in [9.17, 15) is 0 Å². The number of aromatic nitrogens is 3. The lowest BCUT2D eigenvalue weighted by atomic mass is 10.3. The molecule has 90 valence electrons. The van der Waals surface area contributed by atoms with E-state index < -0.39 is 0 Å². The molecular weight excluding hydrogens is 242 g/mol. The normalized spacial score (nSPS) is 10.8. The molecule has 0 aliphatic heterocycles. The lowest BCUT2D eigenvalue weighted by Gasteiger charge is -2.06. The van der Waals surface area contributed by atoms with E-state index in [1.807, 2.05) is 12.1 Å². The molecular formula is C11H12ClN3O2. The average Bonchev–Trinajstić information content (AvgIpc) is 2.72. The number of methoxy groups -OCH3 is 1. The molecule has 0 fully saturated rings. The SMILES string of the molecule is COCc1c(CO)nnn1-c1cccc(Cl)c1. The van der Waals surface area contributed by atoms with E-state index in [2.05, 4.69) is 10.3 Å². The summed E-state index contributed by atoms with van der Waals surface area (Å²) in [6.07, 6.45) is 0. The Morgan fingerprint density at radius 1 is 1.47 bits per heavy atom. The summed E-state index contributed by atoms with van der Waals surface area (Å²) in [6.45, 7) is 0.161. The summed E-state index contributed by atoms with van der Waals surface area (Å²) < 4.78 is 6.69. The Hall–Kier alpha value is -1.43. The van der Waals surface area contributed by atoms with E-state index in [0.717, 1.165) is 11.4 Å². The van der Waals surface area contributed by atoms with Crippen molar-refractivity contribution in [3.8, 4) is 5.69 Å². The van der Waals surface area contributed by atoms with Crippen LogP contribution >= 0.6 is 11.6 Å². The Morgan fingerprint density at radius 3 is 2.94 bits per heavy atom. The number of benzene rings is 1. The van der Waals surface area contributed by atoms with Crippen LogP contribution in [0.2, 0.25) is 5.02 Å². The Bertz CT molecular complexity index is 513. The molecule has 0 saturated heterocycles. The van der Waals surface area contributed by atoms with E-state index in [1.54, 1.807) is 23.9 Å². The summed E-state index contributed by atoms with van der Waals surface area (Å²) in [5.74, 6) is 0. The minimum absolute atomic E-state index is 0.167. The zero-order valence-corrected chi connectivity index (χ0v) is 10.1. The van der Waals surface area contributed by atoms with Crippen molar-refractivity contribution in [2.45, 2.75) is 13.2 Å². The molecule has 1 heterocycles. The molecule has 6 heteroatoms. The first-order chi connectivity index (χ1) is 8.26. The molecule has 0 saturated carbocycles. The molecule has 0 aliphatic carbocycles. The first-order valence-corrected chi connectivity index (χ1v) is 5.43. The fourth-order valence-electron chi connectivity index (χ4n) is 1.55. The fourth-order valence-corrected chi connectivity index (χ4v) is 1.74. The standard InChI is InChI=1S/C11H12ClN3O2/c1-17-7-11-10(6-16)13-14-15(11)9-4-2-3-8(12)5-9/h2-5,16H,6-7H2,1H3. The molecule has 0 aliphatic rings. The van der Waals surface area contributed by atoms with Crippen LogP contribution in [0.5, 0.6) is 0 Å². The van der Waals surface area contributed by atoms with Gasteiger partial charge in [-0.1, -0.05) is 22.9 Å². The summed E-state index contributed by atoms with van der Waals surface area (Å²) in [5.41, 5.74) is 2.01. The topological polar surface area (TPSA) is 60.2 Å². The monoisotopic (exact) mass is 253 g/mol. The minimum atomic E-state index is -0.167. The predicted molar refractivity (Wildman–Crippen MR) is 63.0 cm³/mol. The number of aliphatic hydroxyl groups is 1. The highest BCUT2D eigenvalue weighted by Crippen LogP contribution is 2.17. The second-order valence-electron chi connectivity index (χ2n) is 3.47. The average molecular weight is 254 g/mol. The smallest absolute Gasteiger partial charge is 0.114 e. The first kappa shape index (κ1) is 12.0. The molecule has 5 nitrogen and oxygen atoms in total. The molecule has 1 aromatic heterocycles. The van der Waals surface area contributed by atoms with Crippen molar-refractivity contribution < 1.29 is 9.84 Å². The summed E-state index contributed by atoms with van der Waals surface area (Å²) in [6, 6.07) is 7.25. The highest BCUT2D eigenvalue weighted by Gasteiger charge is 2.13. The quantitative estimate of drug-likeness (QED) is 0.898. The van der Waals surface area contributed by atoms with Gasteiger partial charge in [0.15, 0.2) is 0 Å². The zero-order valence-electron chi connectivity index (χ0n) is 9.30. The van der Waals surface area contributed by atoms with E-state index >= 15 is 0 Å². The third kappa shape index (κ3) is 2.46. The van der Waals surface area contributed by atoms with Crippen LogP contribution in [0.15, 0.2) is 24.3 Å². The third-order valence-corrected chi connectivity index (χ3v) is 2.56. The van der Waals surface area contributed by atoms with E-state index in [4.69, 9.17) is 21.4 Å². The van der Waals surface area contributed by atoms with Crippen molar-refractivity contribution in [3.63, 3.8) is 0 Å². The first-order valence-electron chi connectivity index (χ1n) is 5.05. The Kier molecular flexibility index (Phi) is 3.73. The largest absolute Gasteiger partial charge is 0.390 e. The van der Waals surface area contributed by atoms with Crippen molar-refractivity contribution >= 4 is 11.6 Å². The molecule has 0 amide bonds. The van der Waals surface area contributed by atoms with E-state index in [0.29, 0.717) is 17.3 Å². The number of hydrogen-bond acceptors (Lipinski definition) is 4. The molecule has 0 spiro atoms. The number of aliphatic hydroxyl groups excluding tert-OH is 1. The van der Waals surface area contributed by atoms with Gasteiger partial charge in [-0.2, -0.15) is 0 Å². The van der Waals surface area contributed by atoms with Crippen molar-refractivity contribution in [2.24, 2.45) is 0 Å². The molecule has 0 atom stereocenters. The minimum Gasteiger partial charge on any atom is -0.390 e. The summed E-state index contributed by atoms with van der Waals surface area (Å²) in [4.78, 5) is 0. The van der Waals surface area contributed by atoms with Gasteiger partial charge in [-0.15, -0.1) is 5.10 Å². The maximum atomic E-state index is 9.16. The predicted octanol–water partition coefficient (Wildman–Crippen LogP) is 1.56. The number of hydrogen-bond donors (Lipinski definition) is 1. The van der Waals surface area contributed by atoms with Crippen molar-refractivity contribution in [1.29, 1.82) is 0 Å². The summed E-state index contributed by atoms with van der Waals surface area (Å²) >= 11 is 5.92. The molecule has 0 radical (unpaired) electrons. The van der Waals surface area contributed by atoms with Crippen LogP contribution in [0.1, 0.15) is 11.4 Å². The van der Waals surface area contributed by atoms with Gasteiger partial charge < -0.3 is 9.84 Å². The number of ether oxygens (including phenoxy) is 1. The molecule has 2 rings (SSSR count). The number of halogens is 1. The molecule has 2 aromatic rings. The van der Waals surface area contributed by atoms with Gasteiger partial charge in [-0.3, -0.25) is 0 Å². The van der Waals surface area contributed by atoms with Crippen LogP contribution in [0.4, 0.5) is 0 Å². The number of rotatable bonds is 4. The molecule has 1 N–H and O–H groups in total. The second kappa shape index (κ2) is 5.27. The van der Waals surface area contributed by atoms with Crippen molar-refractivity contribution in [1.82, 2.24) is 15.0 Å². The van der Waals surface area contributed by atoms with Crippen molar-refractivity contribution in [3.05, 3.63) is 40.7 Å². The summed E-state index contributed by atoms with van der Waals surface area (Å²) in [5, 5.41) is 17.7. The van der Waals surface area contributed by atoms with E-state index in [1.165, 1.54) is 0 Å². The fraction of sp³-hybridized carbons (Fsp3) is 0.273. The van der Waals surface area contributed by atoms with Gasteiger partial charge in [0.25, 0.3) is 0 Å². The lowest BCUT2D eigenvalue weighted by Crippen LogP contribution is -2.05. The number of nitrogens with zero attached hydrogens (tertiary/aromatic N) is 3. The third-order valence-electron chi connectivity index (χ3n) is 2.33. The van der Waals surface area contributed by atoms with Crippen LogP contribution in [0.25, 0.3) is 5.69 Å². The van der Waals surface area contributed by atoms with Crippen LogP contribution in [-0.4, -0.2) is 27.2 Å². The van der Waals surface area contributed by atoms with Gasteiger partial charge in [0.05, 0.1) is 24.6 Å². The summed E-state index contributed by atoms with van der Waals surface area (Å²) in [7, 11) is 1.58. The Morgan fingerprint density at radius 2 is 2.29 bits per heavy atom. The van der Waals surface area contributed by atoms with E-state index in [-0.39, 0.29) is 6.61 Å². The molecule has 0 bridgehead atoms. The maximum Gasteiger partial charge on any atom is 0.114 e. The maximum absolute atomic E-state index is 9.16. The van der Waals surface area contributed by atoms with Crippen LogP contribution in [0.3, 0.4) is 0 Å². The zero-order chi connectivity index (χ0) is 12.3. The molecule has 0 unspecified atom stereocenters. The highest BCUT2D eigenvalue weighted by atomic mass is 35.5. The highest BCUT2D eigenvalue weighted by molar-refractivity contribution is 6.30. The van der Waals surface area contributed by atoms with Crippen LogP contribution < -0.4 is 0 Å². The van der Waals surface area contributed by atoms with Crippen molar-refractivity contribution in [2.75, 3.05) is 7.11 Å². The second-order valence-corrected chi connectivity index (χ2v) is 3.90. The van der Waals surface area contributed by atoms with Gasteiger partial charge in [-0.25, -0.2) is 4.68 Å². The Labute approximate surface area is 104 Å². The molecule has 17 heavy (non-hydrogen) atoms.